The van der Waals surface area contributed by atoms with Gasteiger partial charge in [0, 0.05) is 26.0 Å². The van der Waals surface area contributed by atoms with Crippen molar-refractivity contribution >= 4 is 11.7 Å². The van der Waals surface area contributed by atoms with Crippen molar-refractivity contribution in [3.8, 4) is 0 Å². The van der Waals surface area contributed by atoms with Gasteiger partial charge in [-0.25, -0.2) is 0 Å². The maximum Gasteiger partial charge on any atom is 0.309 e. The van der Waals surface area contributed by atoms with Crippen LogP contribution in [0.2, 0.25) is 0 Å². The maximum absolute atomic E-state index is 10.3. The number of rotatable bonds is 3. The number of carboxylic acid groups (broad SMARTS) is 1. The Labute approximate surface area is 70.8 Å². The molecule has 1 heterocycles. The number of carbonyl (C=O) groups is 1. The summed E-state index contributed by atoms with van der Waals surface area (Å²) in [5.74, 6) is -0.817. The largest absolute Gasteiger partial charge is 0.481 e. The predicted molar refractivity (Wildman–Crippen MR) is 46.5 cm³/mol. The molecule has 0 fully saturated rings. The molecule has 1 aromatic rings. The molecule has 0 amide bonds. The Balaban J connectivity index is 2.70. The quantitative estimate of drug-likeness (QED) is 0.698. The van der Waals surface area contributed by atoms with E-state index >= 15 is 0 Å². The van der Waals surface area contributed by atoms with Gasteiger partial charge in [-0.1, -0.05) is 0 Å². The fourth-order valence-corrected chi connectivity index (χ4v) is 0.952. The molecule has 0 bridgehead atoms. The van der Waals surface area contributed by atoms with Gasteiger partial charge in [0.15, 0.2) is 0 Å². The highest BCUT2D eigenvalue weighted by atomic mass is 16.4. The molecule has 0 aliphatic carbocycles. The Morgan fingerprint density at radius 3 is 2.75 bits per heavy atom. The second-order valence-electron chi connectivity index (χ2n) is 2.85. The van der Waals surface area contributed by atoms with Gasteiger partial charge >= 0.3 is 5.97 Å². The molecule has 2 N–H and O–H groups in total. The number of nitrogens with one attached hydrogen (secondary N) is 1. The minimum Gasteiger partial charge on any atom is -0.481 e. The number of nitrogens with zero attached hydrogens (tertiary/aromatic N) is 1. The average Bonchev–Trinajstić information content (AvgIpc) is 2.34. The summed E-state index contributed by atoms with van der Waals surface area (Å²) in [5, 5.41) is 8.48. The summed E-state index contributed by atoms with van der Waals surface area (Å²) in [4.78, 5) is 15.1. The number of H-pyrrole nitrogens is 1. The van der Waals surface area contributed by atoms with Crippen LogP contribution >= 0.6 is 0 Å². The van der Waals surface area contributed by atoms with Crippen molar-refractivity contribution in [1.82, 2.24) is 4.98 Å². The monoisotopic (exact) mass is 168 g/mol. The van der Waals surface area contributed by atoms with Gasteiger partial charge < -0.3 is 15.0 Å². The van der Waals surface area contributed by atoms with E-state index in [0.29, 0.717) is 0 Å². The Morgan fingerprint density at radius 2 is 2.33 bits per heavy atom. The van der Waals surface area contributed by atoms with Gasteiger partial charge in [-0.3, -0.25) is 4.79 Å². The summed E-state index contributed by atoms with van der Waals surface area (Å²) >= 11 is 0. The molecule has 0 radical (unpaired) electrons. The second kappa shape index (κ2) is 3.30. The molecule has 0 saturated carbocycles. The van der Waals surface area contributed by atoms with Gasteiger partial charge in [0.05, 0.1) is 12.1 Å². The molecular weight excluding hydrogens is 156 g/mol. The van der Waals surface area contributed by atoms with Crippen molar-refractivity contribution in [2.45, 2.75) is 6.42 Å². The van der Waals surface area contributed by atoms with Crippen molar-refractivity contribution in [3.63, 3.8) is 0 Å². The molecule has 0 unspecified atom stereocenters. The smallest absolute Gasteiger partial charge is 0.309 e. The maximum atomic E-state index is 10.3. The lowest BCUT2D eigenvalue weighted by Gasteiger charge is -2.07. The summed E-state index contributed by atoms with van der Waals surface area (Å²) in [6.07, 6.45) is 1.84. The lowest BCUT2D eigenvalue weighted by atomic mass is 10.3. The molecule has 1 aromatic heterocycles. The number of anilines is 1. The van der Waals surface area contributed by atoms with E-state index in [2.05, 4.69) is 4.98 Å². The first kappa shape index (κ1) is 8.64. The number of carboxylic acids is 1. The van der Waals surface area contributed by atoms with Crippen LogP contribution in [0.1, 0.15) is 5.69 Å². The summed E-state index contributed by atoms with van der Waals surface area (Å²) < 4.78 is 0. The zero-order valence-corrected chi connectivity index (χ0v) is 7.16. The van der Waals surface area contributed by atoms with Crippen LogP contribution in [0, 0.1) is 0 Å². The zero-order chi connectivity index (χ0) is 9.14. The third-order valence-corrected chi connectivity index (χ3v) is 1.59. The average molecular weight is 168 g/mol. The normalized spacial score (nSPS) is 9.83. The van der Waals surface area contributed by atoms with E-state index in [0.717, 1.165) is 11.4 Å². The van der Waals surface area contributed by atoms with Crippen LogP contribution in [0.3, 0.4) is 0 Å². The molecule has 0 spiro atoms. The molecule has 4 heteroatoms. The topological polar surface area (TPSA) is 56.3 Å². The van der Waals surface area contributed by atoms with Crippen LogP contribution in [-0.2, 0) is 11.2 Å². The number of aliphatic carboxylic acids is 1. The number of aromatic nitrogens is 1. The van der Waals surface area contributed by atoms with Crippen LogP contribution in [0.5, 0.6) is 0 Å². The van der Waals surface area contributed by atoms with E-state index in [1.54, 1.807) is 6.20 Å². The van der Waals surface area contributed by atoms with Gasteiger partial charge in [0.25, 0.3) is 0 Å². The van der Waals surface area contributed by atoms with Gasteiger partial charge in [-0.15, -0.1) is 0 Å². The van der Waals surface area contributed by atoms with Crippen molar-refractivity contribution in [2.75, 3.05) is 19.0 Å². The van der Waals surface area contributed by atoms with E-state index in [-0.39, 0.29) is 6.42 Å². The summed E-state index contributed by atoms with van der Waals surface area (Å²) in [6, 6.07) is 1.83. The molecule has 1 rings (SSSR count). The Morgan fingerprint density at radius 1 is 1.67 bits per heavy atom. The molecule has 4 nitrogen and oxygen atoms in total. The third-order valence-electron chi connectivity index (χ3n) is 1.59. The number of hydrogen-bond acceptors (Lipinski definition) is 2. The zero-order valence-electron chi connectivity index (χ0n) is 7.16. The fraction of sp³-hybridized carbons (Fsp3) is 0.375. The highest BCUT2D eigenvalue weighted by molar-refractivity contribution is 5.70. The molecule has 66 valence electrons. The van der Waals surface area contributed by atoms with Crippen molar-refractivity contribution < 1.29 is 9.90 Å². The molecule has 0 saturated heterocycles. The van der Waals surface area contributed by atoms with E-state index in [1.165, 1.54) is 0 Å². The molecule has 0 aliphatic heterocycles. The summed E-state index contributed by atoms with van der Waals surface area (Å²) in [6.45, 7) is 0. The minimum absolute atomic E-state index is 0.0494. The van der Waals surface area contributed by atoms with E-state index < -0.39 is 5.97 Å². The van der Waals surface area contributed by atoms with Gasteiger partial charge in [0.2, 0.25) is 0 Å². The standard InChI is InChI=1S/C8H12N2O2/c1-10(2)7-3-6(9-5-7)4-8(11)12/h3,5,9H,4H2,1-2H3,(H,11,12). The van der Waals surface area contributed by atoms with Gasteiger partial charge in [-0.05, 0) is 6.07 Å². The van der Waals surface area contributed by atoms with Crippen molar-refractivity contribution in [2.24, 2.45) is 0 Å². The second-order valence-corrected chi connectivity index (χ2v) is 2.85. The first-order chi connectivity index (χ1) is 5.59. The van der Waals surface area contributed by atoms with Crippen LogP contribution in [0.15, 0.2) is 12.3 Å². The first-order valence-electron chi connectivity index (χ1n) is 3.66. The Kier molecular flexibility index (Phi) is 2.38. The lowest BCUT2D eigenvalue weighted by Crippen LogP contribution is -2.07. The number of hydrogen-bond donors (Lipinski definition) is 2. The van der Waals surface area contributed by atoms with Crippen LogP contribution in [-0.4, -0.2) is 30.2 Å². The summed E-state index contributed by atoms with van der Waals surface area (Å²) in [5.41, 5.74) is 1.72. The van der Waals surface area contributed by atoms with E-state index in [4.69, 9.17) is 5.11 Å². The fourth-order valence-electron chi connectivity index (χ4n) is 0.952. The Bertz CT molecular complexity index is 278. The molecule has 0 aliphatic rings. The highest BCUT2D eigenvalue weighted by Gasteiger charge is 2.03. The summed E-state index contributed by atoms with van der Waals surface area (Å²) in [7, 11) is 3.82. The molecule has 0 atom stereocenters. The molecular formula is C8H12N2O2. The SMILES string of the molecule is CN(C)c1c[nH]c(CC(=O)O)c1. The molecule has 0 aromatic carbocycles. The van der Waals surface area contributed by atoms with Crippen molar-refractivity contribution in [1.29, 1.82) is 0 Å². The first-order valence-corrected chi connectivity index (χ1v) is 3.66. The van der Waals surface area contributed by atoms with Crippen molar-refractivity contribution in [3.05, 3.63) is 18.0 Å². The van der Waals surface area contributed by atoms with E-state index in [9.17, 15) is 4.79 Å². The third kappa shape index (κ3) is 2.02. The minimum atomic E-state index is -0.817. The van der Waals surface area contributed by atoms with Gasteiger partial charge in [-0.2, -0.15) is 0 Å². The van der Waals surface area contributed by atoms with Gasteiger partial charge in [0.1, 0.15) is 0 Å². The van der Waals surface area contributed by atoms with E-state index in [1.807, 2.05) is 25.1 Å². The van der Waals surface area contributed by atoms with Crippen LogP contribution in [0.25, 0.3) is 0 Å². The Hall–Kier alpha value is -1.45. The van der Waals surface area contributed by atoms with Crippen LogP contribution < -0.4 is 4.90 Å². The lowest BCUT2D eigenvalue weighted by molar-refractivity contribution is -0.136. The van der Waals surface area contributed by atoms with Crippen LogP contribution in [0.4, 0.5) is 5.69 Å². The highest BCUT2D eigenvalue weighted by Crippen LogP contribution is 2.12. The number of aromatic amines is 1. The predicted octanol–water partition coefficient (Wildman–Crippen LogP) is 0.708. The molecule has 12 heavy (non-hydrogen) atoms.